The number of hydrogen-bond donors (Lipinski definition) is 1. The summed E-state index contributed by atoms with van der Waals surface area (Å²) in [6.07, 6.45) is 1.68. The van der Waals surface area contributed by atoms with Crippen molar-refractivity contribution in [2.45, 2.75) is 6.92 Å². The van der Waals surface area contributed by atoms with Gasteiger partial charge in [0, 0.05) is 11.1 Å². The second-order valence-electron chi connectivity index (χ2n) is 4.92. The molecular formula is C16H13N5. The van der Waals surface area contributed by atoms with Crippen LogP contribution in [0.2, 0.25) is 0 Å². The van der Waals surface area contributed by atoms with Crippen molar-refractivity contribution in [2.24, 2.45) is 0 Å². The third kappa shape index (κ3) is 1.90. The van der Waals surface area contributed by atoms with Crippen LogP contribution in [0, 0.1) is 6.92 Å². The van der Waals surface area contributed by atoms with Crippen molar-refractivity contribution in [2.75, 3.05) is 5.32 Å². The zero-order valence-electron chi connectivity index (χ0n) is 11.5. The minimum atomic E-state index is 0.588. The van der Waals surface area contributed by atoms with Gasteiger partial charge in [-0.25, -0.2) is 0 Å². The Hall–Kier alpha value is -2.95. The fourth-order valence-electron chi connectivity index (χ4n) is 2.46. The van der Waals surface area contributed by atoms with E-state index in [2.05, 4.69) is 33.5 Å². The third-order valence-electron chi connectivity index (χ3n) is 3.56. The fraction of sp³-hybridized carbons (Fsp3) is 0.0625. The predicted octanol–water partition coefficient (Wildman–Crippen LogP) is 3.33. The summed E-state index contributed by atoms with van der Waals surface area (Å²) in [5, 5.41) is 12.4. The lowest BCUT2D eigenvalue weighted by atomic mass is 10.2. The Morgan fingerprint density at radius 3 is 2.71 bits per heavy atom. The first-order valence-corrected chi connectivity index (χ1v) is 6.74. The lowest BCUT2D eigenvalue weighted by Crippen LogP contribution is -2.00. The van der Waals surface area contributed by atoms with Gasteiger partial charge in [-0.05, 0) is 30.7 Å². The Labute approximate surface area is 121 Å². The molecule has 0 fully saturated rings. The zero-order chi connectivity index (χ0) is 14.2. The Bertz CT molecular complexity index is 942. The lowest BCUT2D eigenvalue weighted by molar-refractivity contribution is 1.10. The highest BCUT2D eigenvalue weighted by Crippen LogP contribution is 2.26. The summed E-state index contributed by atoms with van der Waals surface area (Å²) >= 11 is 0. The molecule has 102 valence electrons. The van der Waals surface area contributed by atoms with Gasteiger partial charge in [0.05, 0.1) is 5.52 Å². The third-order valence-corrected chi connectivity index (χ3v) is 3.56. The molecule has 2 heterocycles. The van der Waals surface area contributed by atoms with Gasteiger partial charge < -0.3 is 5.32 Å². The molecule has 4 aromatic rings. The first-order chi connectivity index (χ1) is 10.3. The molecule has 4 rings (SSSR count). The summed E-state index contributed by atoms with van der Waals surface area (Å²) in [6.45, 7) is 2.07. The van der Waals surface area contributed by atoms with Crippen LogP contribution in [0.3, 0.4) is 0 Å². The van der Waals surface area contributed by atoms with Gasteiger partial charge in [0.15, 0.2) is 0 Å². The monoisotopic (exact) mass is 275 g/mol. The average molecular weight is 275 g/mol. The molecule has 2 aromatic carbocycles. The number of rotatable bonds is 2. The van der Waals surface area contributed by atoms with Crippen LogP contribution in [-0.2, 0) is 0 Å². The maximum Gasteiger partial charge on any atom is 0.257 e. The highest BCUT2D eigenvalue weighted by molar-refractivity contribution is 5.92. The number of nitrogens with one attached hydrogen (secondary N) is 1. The van der Waals surface area contributed by atoms with Crippen LogP contribution in [0.15, 0.2) is 54.9 Å². The quantitative estimate of drug-likeness (QED) is 0.609. The highest BCUT2D eigenvalue weighted by Gasteiger charge is 2.09. The Kier molecular flexibility index (Phi) is 2.57. The molecule has 0 aliphatic carbocycles. The van der Waals surface area contributed by atoms with E-state index in [4.69, 9.17) is 0 Å². The van der Waals surface area contributed by atoms with Gasteiger partial charge in [0.2, 0.25) is 0 Å². The van der Waals surface area contributed by atoms with Crippen molar-refractivity contribution in [1.29, 1.82) is 0 Å². The molecule has 0 amide bonds. The van der Waals surface area contributed by atoms with Crippen LogP contribution in [-0.4, -0.2) is 19.6 Å². The number of hydrogen-bond acceptors (Lipinski definition) is 4. The van der Waals surface area contributed by atoms with E-state index in [1.807, 2.05) is 46.9 Å². The number of fused-ring (bicyclic) bond motifs is 3. The molecule has 0 saturated carbocycles. The SMILES string of the molecule is Cc1ccccc1Nc1nc2nncn2c2ccccc12. The average Bonchev–Trinajstić information content (AvgIpc) is 2.98. The number of anilines is 2. The summed E-state index contributed by atoms with van der Waals surface area (Å²) < 4.78 is 1.89. The summed E-state index contributed by atoms with van der Waals surface area (Å²) in [4.78, 5) is 4.58. The molecule has 21 heavy (non-hydrogen) atoms. The number of benzene rings is 2. The molecular weight excluding hydrogens is 262 g/mol. The van der Waals surface area contributed by atoms with Crippen LogP contribution >= 0.6 is 0 Å². The van der Waals surface area contributed by atoms with Gasteiger partial charge in [0.1, 0.15) is 12.1 Å². The summed E-state index contributed by atoms with van der Waals surface area (Å²) in [6, 6.07) is 16.2. The predicted molar refractivity (Wildman–Crippen MR) is 82.7 cm³/mol. The largest absolute Gasteiger partial charge is 0.339 e. The van der Waals surface area contributed by atoms with E-state index in [0.29, 0.717) is 5.78 Å². The van der Waals surface area contributed by atoms with E-state index in [1.54, 1.807) is 6.33 Å². The van der Waals surface area contributed by atoms with Crippen LogP contribution in [0.5, 0.6) is 0 Å². The van der Waals surface area contributed by atoms with Crippen molar-refractivity contribution in [3.05, 3.63) is 60.4 Å². The van der Waals surface area contributed by atoms with E-state index in [9.17, 15) is 0 Å². The molecule has 5 nitrogen and oxygen atoms in total. The van der Waals surface area contributed by atoms with Crippen molar-refractivity contribution in [3.8, 4) is 0 Å². The second-order valence-corrected chi connectivity index (χ2v) is 4.92. The normalized spacial score (nSPS) is 11.1. The van der Waals surface area contributed by atoms with E-state index in [1.165, 1.54) is 5.56 Å². The summed E-state index contributed by atoms with van der Waals surface area (Å²) in [5.41, 5.74) is 3.24. The molecule has 0 atom stereocenters. The fourth-order valence-corrected chi connectivity index (χ4v) is 2.46. The van der Waals surface area contributed by atoms with Crippen molar-refractivity contribution in [3.63, 3.8) is 0 Å². The van der Waals surface area contributed by atoms with Gasteiger partial charge in [-0.15, -0.1) is 10.2 Å². The van der Waals surface area contributed by atoms with Gasteiger partial charge in [-0.3, -0.25) is 4.40 Å². The molecule has 0 bridgehead atoms. The smallest absolute Gasteiger partial charge is 0.257 e. The number of aromatic nitrogens is 4. The maximum atomic E-state index is 4.58. The second kappa shape index (κ2) is 4.56. The van der Waals surface area contributed by atoms with Gasteiger partial charge in [0.25, 0.3) is 5.78 Å². The molecule has 2 aromatic heterocycles. The number of nitrogens with zero attached hydrogens (tertiary/aromatic N) is 4. The molecule has 5 heteroatoms. The van der Waals surface area contributed by atoms with Gasteiger partial charge in [-0.1, -0.05) is 30.3 Å². The van der Waals surface area contributed by atoms with Gasteiger partial charge in [-0.2, -0.15) is 4.98 Å². The maximum absolute atomic E-state index is 4.58. The first kappa shape index (κ1) is 11.8. The molecule has 0 unspecified atom stereocenters. The van der Waals surface area contributed by atoms with Crippen LogP contribution in [0.4, 0.5) is 11.5 Å². The van der Waals surface area contributed by atoms with Crippen LogP contribution in [0.1, 0.15) is 5.56 Å². The van der Waals surface area contributed by atoms with Crippen LogP contribution < -0.4 is 5.32 Å². The Morgan fingerprint density at radius 2 is 1.81 bits per heavy atom. The van der Waals surface area contributed by atoms with E-state index in [-0.39, 0.29) is 0 Å². The summed E-state index contributed by atoms with van der Waals surface area (Å²) in [5.74, 6) is 1.38. The standard InChI is InChI=1S/C16H13N5/c1-11-6-2-4-8-13(11)18-15-12-7-3-5-9-14(12)21-10-17-20-16(21)19-15/h2-10H,1H3,(H,18,19,20). The number of aryl methyl sites for hydroxylation is 1. The highest BCUT2D eigenvalue weighted by atomic mass is 15.3. The molecule has 0 aliphatic heterocycles. The molecule has 0 radical (unpaired) electrons. The molecule has 1 N–H and O–H groups in total. The Balaban J connectivity index is 1.96. The zero-order valence-corrected chi connectivity index (χ0v) is 11.5. The molecule has 0 spiro atoms. The van der Waals surface area contributed by atoms with Crippen LogP contribution in [0.25, 0.3) is 16.7 Å². The van der Waals surface area contributed by atoms with Crippen molar-refractivity contribution in [1.82, 2.24) is 19.6 Å². The molecule has 0 saturated heterocycles. The Morgan fingerprint density at radius 1 is 1.00 bits per heavy atom. The van der Waals surface area contributed by atoms with E-state index in [0.717, 1.165) is 22.4 Å². The minimum Gasteiger partial charge on any atom is -0.339 e. The van der Waals surface area contributed by atoms with Crippen molar-refractivity contribution >= 4 is 28.2 Å². The lowest BCUT2D eigenvalue weighted by Gasteiger charge is -2.11. The summed E-state index contributed by atoms with van der Waals surface area (Å²) in [7, 11) is 0. The van der Waals surface area contributed by atoms with Crippen molar-refractivity contribution < 1.29 is 0 Å². The first-order valence-electron chi connectivity index (χ1n) is 6.74. The topological polar surface area (TPSA) is 55.1 Å². The van der Waals surface area contributed by atoms with E-state index < -0.39 is 0 Å². The number of para-hydroxylation sites is 2. The molecule has 0 aliphatic rings. The van der Waals surface area contributed by atoms with E-state index >= 15 is 0 Å². The minimum absolute atomic E-state index is 0.588. The van der Waals surface area contributed by atoms with Gasteiger partial charge >= 0.3 is 0 Å².